The Bertz CT molecular complexity index is 673. The zero-order chi connectivity index (χ0) is 16.3. The zero-order valence-electron chi connectivity index (χ0n) is 11.3. The first-order valence-electron chi connectivity index (χ1n) is 6.08. The number of nitrogen functional groups attached to an aromatic ring is 1. The Morgan fingerprint density at radius 1 is 1.45 bits per heavy atom. The van der Waals surface area contributed by atoms with Gasteiger partial charge in [-0.1, -0.05) is 17.8 Å². The first-order valence-corrected chi connectivity index (χ1v) is 6.96. The van der Waals surface area contributed by atoms with Crippen molar-refractivity contribution < 1.29 is 18.0 Å². The van der Waals surface area contributed by atoms with Crippen molar-refractivity contribution >= 4 is 29.3 Å². The molecule has 4 N–H and O–H groups in total. The molecule has 0 saturated carbocycles. The molecule has 22 heavy (non-hydrogen) atoms. The van der Waals surface area contributed by atoms with Crippen molar-refractivity contribution in [2.75, 3.05) is 11.1 Å². The van der Waals surface area contributed by atoms with E-state index in [1.165, 1.54) is 12.1 Å². The number of H-pyrrole nitrogens is 1. The second-order valence-corrected chi connectivity index (χ2v) is 5.64. The van der Waals surface area contributed by atoms with E-state index in [4.69, 9.17) is 5.73 Å². The monoisotopic (exact) mass is 331 g/mol. The number of carbonyl (C=O) groups is 1. The largest absolute Gasteiger partial charge is 0.416 e. The van der Waals surface area contributed by atoms with Crippen molar-refractivity contribution in [2.24, 2.45) is 0 Å². The second kappa shape index (κ2) is 6.26. The molecule has 0 fully saturated rings. The lowest BCUT2D eigenvalue weighted by molar-refractivity contribution is -0.137. The maximum atomic E-state index is 12.6. The van der Waals surface area contributed by atoms with Crippen LogP contribution in [0.3, 0.4) is 0 Å². The summed E-state index contributed by atoms with van der Waals surface area (Å²) in [4.78, 5) is 15.8. The van der Waals surface area contributed by atoms with Gasteiger partial charge in [-0.05, 0) is 25.1 Å². The van der Waals surface area contributed by atoms with Gasteiger partial charge in [-0.15, -0.1) is 5.10 Å². The van der Waals surface area contributed by atoms with E-state index in [-0.39, 0.29) is 16.8 Å². The van der Waals surface area contributed by atoms with Crippen LogP contribution in [0.25, 0.3) is 0 Å². The van der Waals surface area contributed by atoms with Gasteiger partial charge in [0.15, 0.2) is 0 Å². The fourth-order valence-corrected chi connectivity index (χ4v) is 2.27. The minimum absolute atomic E-state index is 0.0711. The Hall–Kier alpha value is -2.23. The summed E-state index contributed by atoms with van der Waals surface area (Å²) >= 11 is 1.03. The molecule has 1 heterocycles. The Balaban J connectivity index is 2.02. The van der Waals surface area contributed by atoms with Crippen LogP contribution in [0.2, 0.25) is 0 Å². The Morgan fingerprint density at radius 3 is 2.77 bits per heavy atom. The number of alkyl halides is 3. The lowest BCUT2D eigenvalue weighted by atomic mass is 10.2. The van der Waals surface area contributed by atoms with Gasteiger partial charge >= 0.3 is 6.18 Å². The average Bonchev–Trinajstić information content (AvgIpc) is 2.83. The molecule has 118 valence electrons. The van der Waals surface area contributed by atoms with Gasteiger partial charge in [-0.2, -0.15) is 18.2 Å². The molecule has 1 aromatic carbocycles. The average molecular weight is 331 g/mol. The number of aromatic amines is 1. The zero-order valence-corrected chi connectivity index (χ0v) is 12.1. The number of rotatable bonds is 4. The normalized spacial score (nSPS) is 12.9. The van der Waals surface area contributed by atoms with Crippen LogP contribution in [0.4, 0.5) is 24.8 Å². The standard InChI is InChI=1S/C12H12F3N5OS/c1-6(22-11-18-10(16)19-20-11)9(21)17-8-4-2-3-7(5-8)12(13,14)15/h2-6H,1H3,(H,17,21)(H3,16,18,19,20)/t6-/m1/s1. The summed E-state index contributed by atoms with van der Waals surface area (Å²) in [5.74, 6) is -0.347. The van der Waals surface area contributed by atoms with Crippen LogP contribution in [0, 0.1) is 0 Å². The molecule has 0 bridgehead atoms. The van der Waals surface area contributed by atoms with E-state index >= 15 is 0 Å². The summed E-state index contributed by atoms with van der Waals surface area (Å²) in [7, 11) is 0. The molecule has 1 atom stereocenters. The predicted molar refractivity (Wildman–Crippen MR) is 76.2 cm³/mol. The molecule has 6 nitrogen and oxygen atoms in total. The molecule has 0 radical (unpaired) electrons. The van der Waals surface area contributed by atoms with Crippen LogP contribution in [-0.2, 0) is 11.0 Å². The summed E-state index contributed by atoms with van der Waals surface area (Å²) in [5, 5.41) is 8.29. The lowest BCUT2D eigenvalue weighted by Gasteiger charge is -2.12. The third-order valence-corrected chi connectivity index (χ3v) is 3.55. The summed E-state index contributed by atoms with van der Waals surface area (Å²) in [6.07, 6.45) is -4.46. The lowest BCUT2D eigenvalue weighted by Crippen LogP contribution is -2.22. The first-order chi connectivity index (χ1) is 10.3. The summed E-state index contributed by atoms with van der Waals surface area (Å²) in [6, 6.07) is 4.42. The second-order valence-electron chi connectivity index (χ2n) is 4.33. The highest BCUT2D eigenvalue weighted by Gasteiger charge is 2.30. The quantitative estimate of drug-likeness (QED) is 0.748. The van der Waals surface area contributed by atoms with E-state index in [0.717, 1.165) is 23.9 Å². The summed E-state index contributed by atoms with van der Waals surface area (Å²) < 4.78 is 37.8. The van der Waals surface area contributed by atoms with Crippen molar-refractivity contribution in [2.45, 2.75) is 23.5 Å². The number of nitrogens with two attached hydrogens (primary N) is 1. The Morgan fingerprint density at radius 2 is 2.18 bits per heavy atom. The highest BCUT2D eigenvalue weighted by Crippen LogP contribution is 2.31. The van der Waals surface area contributed by atoms with Crippen molar-refractivity contribution in [3.05, 3.63) is 29.8 Å². The van der Waals surface area contributed by atoms with E-state index in [2.05, 4.69) is 20.5 Å². The number of nitrogens with zero attached hydrogens (tertiary/aromatic N) is 2. The molecule has 2 aromatic rings. The molecule has 0 saturated heterocycles. The van der Waals surface area contributed by atoms with Gasteiger partial charge in [0.1, 0.15) is 0 Å². The number of hydrogen-bond acceptors (Lipinski definition) is 5. The predicted octanol–water partition coefficient (Wildman–Crippen LogP) is 2.53. The highest BCUT2D eigenvalue weighted by molar-refractivity contribution is 8.00. The van der Waals surface area contributed by atoms with E-state index in [0.29, 0.717) is 0 Å². The fourth-order valence-electron chi connectivity index (χ4n) is 1.54. The number of thioether (sulfide) groups is 1. The van der Waals surface area contributed by atoms with Crippen molar-refractivity contribution in [3.63, 3.8) is 0 Å². The number of nitrogens with one attached hydrogen (secondary N) is 2. The van der Waals surface area contributed by atoms with Gasteiger partial charge in [-0.3, -0.25) is 4.79 Å². The summed E-state index contributed by atoms with van der Waals surface area (Å²) in [5.41, 5.74) is 4.61. The molecule has 0 unspecified atom stereocenters. The number of hydrogen-bond donors (Lipinski definition) is 3. The minimum atomic E-state index is -4.46. The molecule has 0 aliphatic carbocycles. The number of amides is 1. The number of benzene rings is 1. The third kappa shape index (κ3) is 4.13. The van der Waals surface area contributed by atoms with Crippen LogP contribution < -0.4 is 11.1 Å². The van der Waals surface area contributed by atoms with Gasteiger partial charge in [0, 0.05) is 5.69 Å². The molecule has 10 heteroatoms. The summed E-state index contributed by atoms with van der Waals surface area (Å²) in [6.45, 7) is 1.58. The van der Waals surface area contributed by atoms with Crippen molar-refractivity contribution in [1.29, 1.82) is 0 Å². The number of halogens is 3. The molecule has 0 spiro atoms. The van der Waals surface area contributed by atoms with Crippen molar-refractivity contribution in [3.8, 4) is 0 Å². The third-order valence-electron chi connectivity index (χ3n) is 2.59. The van der Waals surface area contributed by atoms with E-state index in [9.17, 15) is 18.0 Å². The highest BCUT2D eigenvalue weighted by atomic mass is 32.2. The van der Waals surface area contributed by atoms with Crippen LogP contribution in [0.5, 0.6) is 0 Å². The van der Waals surface area contributed by atoms with Crippen LogP contribution >= 0.6 is 11.8 Å². The molecule has 0 aliphatic heterocycles. The molecule has 1 amide bonds. The molecule has 2 rings (SSSR count). The van der Waals surface area contributed by atoms with E-state index < -0.39 is 22.9 Å². The number of aromatic nitrogens is 3. The maximum Gasteiger partial charge on any atom is 0.416 e. The number of carbonyl (C=O) groups excluding carboxylic acids is 1. The molecular formula is C12H12F3N5OS. The van der Waals surface area contributed by atoms with Gasteiger partial charge in [0.2, 0.25) is 17.0 Å². The topological polar surface area (TPSA) is 96.7 Å². The molecule has 0 aliphatic rings. The number of anilines is 2. The Kier molecular flexibility index (Phi) is 4.59. The van der Waals surface area contributed by atoms with Crippen LogP contribution in [-0.4, -0.2) is 26.3 Å². The first kappa shape index (κ1) is 16.1. The fraction of sp³-hybridized carbons (Fsp3) is 0.250. The smallest absolute Gasteiger partial charge is 0.368 e. The maximum absolute atomic E-state index is 12.6. The minimum Gasteiger partial charge on any atom is -0.368 e. The molecular weight excluding hydrogens is 319 g/mol. The SMILES string of the molecule is C[C@@H](Sc1n[nH]c(N)n1)C(=O)Nc1cccc(C(F)(F)F)c1. The Labute approximate surface area is 127 Å². The van der Waals surface area contributed by atoms with Crippen molar-refractivity contribution in [1.82, 2.24) is 15.2 Å². The van der Waals surface area contributed by atoms with Gasteiger partial charge < -0.3 is 11.1 Å². The van der Waals surface area contributed by atoms with E-state index in [1.807, 2.05) is 0 Å². The van der Waals surface area contributed by atoms with E-state index in [1.54, 1.807) is 6.92 Å². The van der Waals surface area contributed by atoms with Gasteiger partial charge in [0.05, 0.1) is 10.8 Å². The van der Waals surface area contributed by atoms with Gasteiger partial charge in [-0.25, -0.2) is 5.10 Å². The van der Waals surface area contributed by atoms with Crippen LogP contribution in [0.1, 0.15) is 12.5 Å². The van der Waals surface area contributed by atoms with Crippen LogP contribution in [0.15, 0.2) is 29.4 Å². The molecule has 1 aromatic heterocycles. The van der Waals surface area contributed by atoms with Gasteiger partial charge in [0.25, 0.3) is 0 Å².